The van der Waals surface area contributed by atoms with Crippen LogP contribution in [-0.2, 0) is 9.59 Å². The van der Waals surface area contributed by atoms with Crippen molar-refractivity contribution in [2.75, 3.05) is 33.6 Å². The van der Waals surface area contributed by atoms with Gasteiger partial charge in [-0.3, -0.25) is 9.59 Å². The number of carbonyl (C=O) groups excluding carboxylic acids is 2. The van der Waals surface area contributed by atoms with Crippen LogP contribution in [0.5, 0.6) is 11.5 Å². The third-order valence-electron chi connectivity index (χ3n) is 9.45. The van der Waals surface area contributed by atoms with Gasteiger partial charge in [0.25, 0.3) is 11.8 Å². The van der Waals surface area contributed by atoms with Crippen molar-refractivity contribution in [2.24, 2.45) is 10.2 Å². The molecule has 2 saturated carbocycles. The minimum atomic E-state index is -0.313. The number of hydrazone groups is 2. The molecule has 2 atom stereocenters. The molecule has 12 nitrogen and oxygen atoms in total. The number of rotatable bonds is 5. The van der Waals surface area contributed by atoms with Gasteiger partial charge in [-0.15, -0.1) is 0 Å². The Morgan fingerprint density at radius 3 is 1.78 bits per heavy atom. The van der Waals surface area contributed by atoms with Crippen molar-refractivity contribution in [3.8, 4) is 11.5 Å². The predicted molar refractivity (Wildman–Crippen MR) is 184 cm³/mol. The van der Waals surface area contributed by atoms with Crippen LogP contribution in [0.25, 0.3) is 5.57 Å². The zero-order chi connectivity index (χ0) is 32.1. The molecule has 2 aromatic rings. The maximum Gasteiger partial charge on any atom is 0.262 e. The molecule has 13 heteroatoms. The first-order valence-corrected chi connectivity index (χ1v) is 16.7. The Balaban J connectivity index is 0.000000147. The SMILES string of the molecule is C=C(C)c1cc2c(cc1NC1CCC1)N1C(=NNC(=O)C1C)CO2.CC1C(=O)NN=C2COc3cc(Br)c(NC4CCC4)cc3N21. The molecule has 46 heavy (non-hydrogen) atoms. The van der Waals surface area contributed by atoms with Crippen molar-refractivity contribution in [1.29, 1.82) is 0 Å². The molecule has 0 spiro atoms. The number of fused-ring (bicyclic) bond motifs is 6. The van der Waals surface area contributed by atoms with E-state index in [0.717, 1.165) is 61.5 Å². The number of nitrogens with one attached hydrogen (secondary N) is 4. The van der Waals surface area contributed by atoms with Crippen molar-refractivity contribution in [1.82, 2.24) is 10.9 Å². The first kappa shape index (κ1) is 30.4. The minimum Gasteiger partial charge on any atom is -0.483 e. The standard InChI is InChI=1S/C18H22N4O2.C15H17BrN4O2/c1-10(2)13-7-16-15(8-14(13)19-12-5-4-6-12)22-11(3)18(23)21-20-17(22)9-24-16;1-8-15(21)19-18-14-7-22-13-5-10(16)11(6-12(13)20(8)14)17-9-3-2-4-9/h7-8,11-12,19H,1,4-6,9H2,2-3H3,(H,21,23);5-6,8-9,17H,2-4,7H2,1H3,(H,19,21). The Kier molecular flexibility index (Phi) is 8.04. The van der Waals surface area contributed by atoms with Gasteiger partial charge < -0.3 is 29.9 Å². The van der Waals surface area contributed by atoms with Gasteiger partial charge in [-0.05, 0) is 105 Å². The van der Waals surface area contributed by atoms with Gasteiger partial charge in [-0.1, -0.05) is 6.58 Å². The molecule has 0 radical (unpaired) electrons. The monoisotopic (exact) mass is 690 g/mol. The highest BCUT2D eigenvalue weighted by Crippen LogP contribution is 2.43. The van der Waals surface area contributed by atoms with E-state index in [1.54, 1.807) is 0 Å². The zero-order valence-electron chi connectivity index (χ0n) is 26.3. The fourth-order valence-corrected chi connectivity index (χ4v) is 6.68. The summed E-state index contributed by atoms with van der Waals surface area (Å²) in [4.78, 5) is 27.9. The molecule has 4 heterocycles. The van der Waals surface area contributed by atoms with E-state index in [4.69, 9.17) is 9.47 Å². The number of anilines is 4. The molecule has 242 valence electrons. The van der Waals surface area contributed by atoms with E-state index in [2.05, 4.69) is 60.3 Å². The molecule has 2 amide bonds. The second kappa shape index (κ2) is 12.2. The molecular formula is C33H39BrN8O4. The van der Waals surface area contributed by atoms with Gasteiger partial charge in [0.15, 0.2) is 11.7 Å². The Labute approximate surface area is 276 Å². The van der Waals surface area contributed by atoms with Crippen molar-refractivity contribution < 1.29 is 19.1 Å². The number of amides is 2. The maximum absolute atomic E-state index is 12.0. The average Bonchev–Trinajstić information content (AvgIpc) is 3.00. The van der Waals surface area contributed by atoms with Crippen LogP contribution in [0, 0.1) is 0 Å². The molecule has 2 fully saturated rings. The van der Waals surface area contributed by atoms with Crippen molar-refractivity contribution in [3.63, 3.8) is 0 Å². The van der Waals surface area contributed by atoms with E-state index in [0.29, 0.717) is 25.3 Å². The number of carbonyl (C=O) groups is 2. The first-order chi connectivity index (χ1) is 22.2. The van der Waals surface area contributed by atoms with Gasteiger partial charge in [0.2, 0.25) is 0 Å². The number of ether oxygens (including phenoxy) is 2. The number of halogens is 1. The lowest BCUT2D eigenvalue weighted by atomic mass is 9.92. The van der Waals surface area contributed by atoms with Gasteiger partial charge in [-0.2, -0.15) is 10.2 Å². The number of allylic oxidation sites excluding steroid dienone is 1. The lowest BCUT2D eigenvalue weighted by Gasteiger charge is -2.39. The second-order valence-electron chi connectivity index (χ2n) is 12.7. The molecule has 2 unspecified atom stereocenters. The number of hydrogen-bond acceptors (Lipinski definition) is 10. The fraction of sp³-hybridized carbons (Fsp3) is 0.455. The highest BCUT2D eigenvalue weighted by atomic mass is 79.9. The largest absolute Gasteiger partial charge is 0.483 e. The van der Waals surface area contributed by atoms with Crippen LogP contribution in [0.2, 0.25) is 0 Å². The molecule has 6 aliphatic rings. The zero-order valence-corrected chi connectivity index (χ0v) is 27.9. The van der Waals surface area contributed by atoms with Crippen LogP contribution in [0.4, 0.5) is 22.7 Å². The summed E-state index contributed by atoms with van der Waals surface area (Å²) in [5.41, 5.74) is 11.0. The summed E-state index contributed by atoms with van der Waals surface area (Å²) in [7, 11) is 0. The molecule has 2 aromatic carbocycles. The Morgan fingerprint density at radius 1 is 0.826 bits per heavy atom. The van der Waals surface area contributed by atoms with E-state index in [1.807, 2.05) is 48.8 Å². The summed E-state index contributed by atoms with van der Waals surface area (Å²) >= 11 is 3.60. The van der Waals surface area contributed by atoms with Gasteiger partial charge in [0.1, 0.15) is 36.8 Å². The first-order valence-electron chi connectivity index (χ1n) is 16.0. The highest BCUT2D eigenvalue weighted by Gasteiger charge is 2.37. The van der Waals surface area contributed by atoms with Crippen molar-refractivity contribution in [2.45, 2.75) is 83.5 Å². The summed E-state index contributed by atoms with van der Waals surface area (Å²) in [5.74, 6) is 2.79. The number of amidine groups is 2. The van der Waals surface area contributed by atoms with Crippen LogP contribution in [0.1, 0.15) is 64.9 Å². The van der Waals surface area contributed by atoms with Crippen molar-refractivity contribution in [3.05, 3.63) is 40.9 Å². The normalized spacial score (nSPS) is 23.0. The molecule has 2 aliphatic carbocycles. The quantitative estimate of drug-likeness (QED) is 0.339. The predicted octanol–water partition coefficient (Wildman–Crippen LogP) is 5.16. The summed E-state index contributed by atoms with van der Waals surface area (Å²) in [6.07, 6.45) is 7.35. The molecule has 0 saturated heterocycles. The maximum atomic E-state index is 12.0. The topological polar surface area (TPSA) is 132 Å². The number of nitrogens with zero attached hydrogens (tertiary/aromatic N) is 4. The average molecular weight is 692 g/mol. The smallest absolute Gasteiger partial charge is 0.262 e. The van der Waals surface area contributed by atoms with Crippen LogP contribution >= 0.6 is 15.9 Å². The molecule has 4 aliphatic heterocycles. The molecule has 4 N–H and O–H groups in total. The van der Waals surface area contributed by atoms with Crippen LogP contribution < -0.4 is 40.8 Å². The van der Waals surface area contributed by atoms with Gasteiger partial charge in [0.05, 0.1) is 17.1 Å². The number of benzene rings is 2. The minimum absolute atomic E-state index is 0.104. The Bertz CT molecular complexity index is 1670. The van der Waals surface area contributed by atoms with Crippen LogP contribution in [0.15, 0.2) is 45.5 Å². The van der Waals surface area contributed by atoms with Crippen molar-refractivity contribution >= 4 is 67.7 Å². The third kappa shape index (κ3) is 5.54. The molecule has 0 bridgehead atoms. The Hall–Kier alpha value is -4.26. The van der Waals surface area contributed by atoms with E-state index < -0.39 is 0 Å². The Morgan fingerprint density at radius 2 is 1.30 bits per heavy atom. The summed E-state index contributed by atoms with van der Waals surface area (Å²) < 4.78 is 12.6. The van der Waals surface area contributed by atoms with Gasteiger partial charge in [0, 0.05) is 27.8 Å². The molecule has 0 aromatic heterocycles. The third-order valence-corrected chi connectivity index (χ3v) is 10.1. The highest BCUT2D eigenvalue weighted by molar-refractivity contribution is 9.10. The molecule has 8 rings (SSSR count). The van der Waals surface area contributed by atoms with E-state index in [9.17, 15) is 9.59 Å². The van der Waals surface area contributed by atoms with Crippen LogP contribution in [-0.4, -0.2) is 60.9 Å². The summed E-state index contributed by atoms with van der Waals surface area (Å²) in [6, 6.07) is 8.54. The lowest BCUT2D eigenvalue weighted by molar-refractivity contribution is -0.123. The van der Waals surface area contributed by atoms with Gasteiger partial charge in [-0.25, -0.2) is 10.9 Å². The van der Waals surface area contributed by atoms with E-state index >= 15 is 0 Å². The van der Waals surface area contributed by atoms with E-state index in [1.165, 1.54) is 38.5 Å². The number of hydrogen-bond donors (Lipinski definition) is 4. The molecular weight excluding hydrogens is 652 g/mol. The summed E-state index contributed by atoms with van der Waals surface area (Å²) in [6.45, 7) is 10.6. The fourth-order valence-electron chi connectivity index (χ4n) is 6.25. The van der Waals surface area contributed by atoms with Crippen LogP contribution in [0.3, 0.4) is 0 Å². The van der Waals surface area contributed by atoms with Gasteiger partial charge >= 0.3 is 0 Å². The van der Waals surface area contributed by atoms with E-state index in [-0.39, 0.29) is 23.9 Å². The lowest BCUT2D eigenvalue weighted by Crippen LogP contribution is -2.55. The second-order valence-corrected chi connectivity index (χ2v) is 13.5. The summed E-state index contributed by atoms with van der Waals surface area (Å²) in [5, 5.41) is 15.4.